The molecule has 0 bridgehead atoms. The summed E-state index contributed by atoms with van der Waals surface area (Å²) in [4.78, 5) is 14.8. The highest BCUT2D eigenvalue weighted by Gasteiger charge is 2.28. The summed E-state index contributed by atoms with van der Waals surface area (Å²) in [6, 6.07) is 8.00. The van der Waals surface area contributed by atoms with Crippen molar-refractivity contribution < 1.29 is 9.53 Å². The van der Waals surface area contributed by atoms with Gasteiger partial charge in [-0.25, -0.2) is 0 Å². The van der Waals surface area contributed by atoms with Gasteiger partial charge in [-0.2, -0.15) is 5.10 Å². The maximum Gasteiger partial charge on any atom is 0.257 e. The van der Waals surface area contributed by atoms with Crippen molar-refractivity contribution in [3.05, 3.63) is 46.8 Å². The molecule has 2 aliphatic heterocycles. The molecule has 1 aromatic heterocycles. The van der Waals surface area contributed by atoms with Crippen molar-refractivity contribution in [2.75, 3.05) is 19.7 Å². The summed E-state index contributed by atoms with van der Waals surface area (Å²) in [5.41, 5.74) is 4.08. The van der Waals surface area contributed by atoms with Crippen molar-refractivity contribution in [1.29, 1.82) is 0 Å². The van der Waals surface area contributed by atoms with Gasteiger partial charge in [0.15, 0.2) is 0 Å². The molecule has 2 aromatic rings. The second kappa shape index (κ2) is 5.72. The van der Waals surface area contributed by atoms with Crippen LogP contribution in [0.15, 0.2) is 24.3 Å². The van der Waals surface area contributed by atoms with Crippen molar-refractivity contribution in [2.45, 2.75) is 32.1 Å². The van der Waals surface area contributed by atoms with Crippen molar-refractivity contribution in [3.63, 3.8) is 0 Å². The largest absolute Gasteiger partial charge is 0.492 e. The van der Waals surface area contributed by atoms with Gasteiger partial charge in [-0.05, 0) is 37.5 Å². The summed E-state index contributed by atoms with van der Waals surface area (Å²) in [5, 5.41) is 7.37. The highest BCUT2D eigenvalue weighted by Crippen LogP contribution is 2.32. The molecule has 0 spiro atoms. The first-order chi connectivity index (χ1) is 11.2. The van der Waals surface area contributed by atoms with Crippen LogP contribution in [0, 0.1) is 6.92 Å². The zero-order valence-electron chi connectivity index (χ0n) is 13.3. The van der Waals surface area contributed by atoms with E-state index in [0.29, 0.717) is 18.1 Å². The molecular weight excluding hydrogens is 290 g/mol. The number of amides is 1. The second-order valence-corrected chi connectivity index (χ2v) is 6.43. The van der Waals surface area contributed by atoms with E-state index in [2.05, 4.69) is 16.3 Å². The molecule has 0 radical (unpaired) electrons. The van der Waals surface area contributed by atoms with Crippen molar-refractivity contribution in [3.8, 4) is 5.75 Å². The van der Waals surface area contributed by atoms with Crippen LogP contribution in [0.25, 0.3) is 0 Å². The SMILES string of the molecule is Cc1cc(C2CCN(C(=O)c3cccc4c3OCC4)CC2)n[nH]1. The van der Waals surface area contributed by atoms with E-state index in [4.69, 9.17) is 4.74 Å². The highest BCUT2D eigenvalue weighted by molar-refractivity contribution is 5.97. The fourth-order valence-electron chi connectivity index (χ4n) is 3.58. The molecule has 0 unspecified atom stereocenters. The minimum absolute atomic E-state index is 0.0976. The van der Waals surface area contributed by atoms with E-state index in [9.17, 15) is 4.79 Å². The average molecular weight is 311 g/mol. The number of carbonyl (C=O) groups is 1. The number of piperidine rings is 1. The molecule has 23 heavy (non-hydrogen) atoms. The topological polar surface area (TPSA) is 58.2 Å². The molecule has 120 valence electrons. The monoisotopic (exact) mass is 311 g/mol. The van der Waals surface area contributed by atoms with Crippen LogP contribution in [0.4, 0.5) is 0 Å². The number of hydrogen-bond donors (Lipinski definition) is 1. The maximum atomic E-state index is 12.8. The Kier molecular flexibility index (Phi) is 3.56. The van der Waals surface area contributed by atoms with Gasteiger partial charge in [-0.15, -0.1) is 0 Å². The minimum Gasteiger partial charge on any atom is -0.492 e. The first-order valence-corrected chi connectivity index (χ1v) is 8.28. The molecule has 1 amide bonds. The number of para-hydroxylation sites is 1. The molecule has 1 saturated heterocycles. The average Bonchev–Trinajstić information content (AvgIpc) is 3.22. The first-order valence-electron chi connectivity index (χ1n) is 8.28. The maximum absolute atomic E-state index is 12.8. The van der Waals surface area contributed by atoms with E-state index >= 15 is 0 Å². The number of carbonyl (C=O) groups excluding carboxylic acids is 1. The number of hydrogen-bond acceptors (Lipinski definition) is 3. The predicted octanol–water partition coefficient (Wildman–Crippen LogP) is 2.67. The minimum atomic E-state index is 0.0976. The van der Waals surface area contributed by atoms with Crippen LogP contribution in [0.2, 0.25) is 0 Å². The molecule has 0 aliphatic carbocycles. The van der Waals surface area contributed by atoms with E-state index in [-0.39, 0.29) is 5.91 Å². The fraction of sp³-hybridized carbons (Fsp3) is 0.444. The Balaban J connectivity index is 1.46. The Labute approximate surface area is 135 Å². The molecule has 5 heteroatoms. The first kappa shape index (κ1) is 14.3. The van der Waals surface area contributed by atoms with Gasteiger partial charge in [0.2, 0.25) is 0 Å². The van der Waals surface area contributed by atoms with Crippen molar-refractivity contribution >= 4 is 5.91 Å². The Morgan fingerprint density at radius 3 is 2.91 bits per heavy atom. The number of H-pyrrole nitrogens is 1. The number of nitrogens with zero attached hydrogens (tertiary/aromatic N) is 2. The molecule has 1 aromatic carbocycles. The van der Waals surface area contributed by atoms with Gasteiger partial charge in [-0.1, -0.05) is 12.1 Å². The lowest BCUT2D eigenvalue weighted by molar-refractivity contribution is 0.0708. The summed E-state index contributed by atoms with van der Waals surface area (Å²) in [6.07, 6.45) is 2.83. The van der Waals surface area contributed by atoms with Gasteiger partial charge in [0, 0.05) is 31.1 Å². The third-order valence-electron chi connectivity index (χ3n) is 4.87. The summed E-state index contributed by atoms with van der Waals surface area (Å²) >= 11 is 0. The zero-order valence-corrected chi connectivity index (χ0v) is 13.3. The predicted molar refractivity (Wildman–Crippen MR) is 86.8 cm³/mol. The van der Waals surface area contributed by atoms with Crippen LogP contribution in [0.3, 0.4) is 0 Å². The summed E-state index contributed by atoms with van der Waals surface area (Å²) in [7, 11) is 0. The molecule has 1 N–H and O–H groups in total. The van der Waals surface area contributed by atoms with Crippen LogP contribution < -0.4 is 4.74 Å². The quantitative estimate of drug-likeness (QED) is 0.927. The molecule has 0 atom stereocenters. The Hall–Kier alpha value is -2.30. The Morgan fingerprint density at radius 1 is 1.35 bits per heavy atom. The van der Waals surface area contributed by atoms with Crippen LogP contribution in [-0.2, 0) is 6.42 Å². The Morgan fingerprint density at radius 2 is 2.17 bits per heavy atom. The van der Waals surface area contributed by atoms with E-state index in [0.717, 1.165) is 55.1 Å². The summed E-state index contributed by atoms with van der Waals surface area (Å²) in [5.74, 6) is 1.34. The van der Waals surface area contributed by atoms with Gasteiger partial charge in [0.1, 0.15) is 5.75 Å². The number of ether oxygens (including phenoxy) is 1. The number of likely N-dealkylation sites (tertiary alicyclic amines) is 1. The lowest BCUT2D eigenvalue weighted by atomic mass is 9.93. The van der Waals surface area contributed by atoms with Gasteiger partial charge < -0.3 is 9.64 Å². The molecule has 2 aliphatic rings. The Bertz CT molecular complexity index is 730. The van der Waals surface area contributed by atoms with Gasteiger partial charge >= 0.3 is 0 Å². The summed E-state index contributed by atoms with van der Waals surface area (Å²) < 4.78 is 5.67. The zero-order chi connectivity index (χ0) is 15.8. The highest BCUT2D eigenvalue weighted by atomic mass is 16.5. The summed E-state index contributed by atoms with van der Waals surface area (Å²) in [6.45, 7) is 4.25. The van der Waals surface area contributed by atoms with E-state index in [1.807, 2.05) is 30.0 Å². The van der Waals surface area contributed by atoms with Gasteiger partial charge in [0.05, 0.1) is 17.9 Å². The molecule has 0 saturated carbocycles. The molecular formula is C18H21N3O2. The number of aromatic amines is 1. The third kappa shape index (κ3) is 2.60. The van der Waals surface area contributed by atoms with E-state index in [1.54, 1.807) is 0 Å². The third-order valence-corrected chi connectivity index (χ3v) is 4.87. The number of aromatic nitrogens is 2. The number of rotatable bonds is 2. The van der Waals surface area contributed by atoms with E-state index in [1.165, 1.54) is 0 Å². The number of benzene rings is 1. The lowest BCUT2D eigenvalue weighted by Crippen LogP contribution is -2.38. The van der Waals surface area contributed by atoms with Crippen molar-refractivity contribution in [2.24, 2.45) is 0 Å². The van der Waals surface area contributed by atoms with Gasteiger partial charge in [-0.3, -0.25) is 9.89 Å². The van der Waals surface area contributed by atoms with E-state index < -0.39 is 0 Å². The second-order valence-electron chi connectivity index (χ2n) is 6.43. The molecule has 1 fully saturated rings. The van der Waals surface area contributed by atoms with Crippen LogP contribution in [-0.4, -0.2) is 40.7 Å². The number of aryl methyl sites for hydroxylation is 1. The fourth-order valence-corrected chi connectivity index (χ4v) is 3.58. The molecule has 3 heterocycles. The van der Waals surface area contributed by atoms with Gasteiger partial charge in [0.25, 0.3) is 5.91 Å². The van der Waals surface area contributed by atoms with Crippen LogP contribution in [0.1, 0.15) is 46.1 Å². The van der Waals surface area contributed by atoms with Crippen molar-refractivity contribution in [1.82, 2.24) is 15.1 Å². The number of nitrogens with one attached hydrogen (secondary N) is 1. The van der Waals surface area contributed by atoms with Crippen LogP contribution >= 0.6 is 0 Å². The van der Waals surface area contributed by atoms with Crippen LogP contribution in [0.5, 0.6) is 5.75 Å². The molecule has 4 rings (SSSR count). The standard InChI is InChI=1S/C18H21N3O2/c1-12-11-16(20-19-12)13-5-8-21(9-6-13)18(22)15-4-2-3-14-7-10-23-17(14)15/h2-4,11,13H,5-10H2,1H3,(H,19,20). The lowest BCUT2D eigenvalue weighted by Gasteiger charge is -2.31. The normalized spacial score (nSPS) is 17.9. The number of fused-ring (bicyclic) bond motifs is 1. The smallest absolute Gasteiger partial charge is 0.257 e. The molecule has 5 nitrogen and oxygen atoms in total.